The van der Waals surface area contributed by atoms with E-state index in [0.717, 1.165) is 11.1 Å². The molecule has 6 heteroatoms. The van der Waals surface area contributed by atoms with Crippen LogP contribution in [0.2, 0.25) is 0 Å². The molecule has 0 bridgehead atoms. The van der Waals surface area contributed by atoms with Crippen LogP contribution < -0.4 is 4.90 Å². The van der Waals surface area contributed by atoms with Gasteiger partial charge in [-0.3, -0.25) is 19.5 Å². The van der Waals surface area contributed by atoms with Crippen molar-refractivity contribution < 1.29 is 19.1 Å². The number of ketones is 1. The number of anilines is 1. The minimum Gasteiger partial charge on any atom is -0.507 e. The lowest BCUT2D eigenvalue weighted by molar-refractivity contribution is -0.132. The van der Waals surface area contributed by atoms with Crippen LogP contribution in [0, 0.1) is 19.7 Å². The fourth-order valence-corrected chi connectivity index (χ4v) is 3.60. The van der Waals surface area contributed by atoms with Gasteiger partial charge in [0.2, 0.25) is 0 Å². The fourth-order valence-electron chi connectivity index (χ4n) is 3.60. The number of carbonyl (C=O) groups is 2. The minimum atomic E-state index is -0.833. The van der Waals surface area contributed by atoms with Crippen LogP contribution in [0.25, 0.3) is 5.76 Å². The van der Waals surface area contributed by atoms with Crippen molar-refractivity contribution in [1.29, 1.82) is 0 Å². The second-order valence-electron chi connectivity index (χ2n) is 7.23. The Labute approximate surface area is 173 Å². The summed E-state index contributed by atoms with van der Waals surface area (Å²) >= 11 is 0. The van der Waals surface area contributed by atoms with Gasteiger partial charge >= 0.3 is 0 Å². The van der Waals surface area contributed by atoms with Crippen molar-refractivity contribution in [1.82, 2.24) is 4.98 Å². The van der Waals surface area contributed by atoms with Crippen molar-refractivity contribution in [3.8, 4) is 0 Å². The van der Waals surface area contributed by atoms with Crippen molar-refractivity contribution in [3.63, 3.8) is 0 Å². The average molecular weight is 402 g/mol. The summed E-state index contributed by atoms with van der Waals surface area (Å²) in [5, 5.41) is 10.9. The van der Waals surface area contributed by atoms with Crippen molar-refractivity contribution in [2.75, 3.05) is 4.90 Å². The minimum absolute atomic E-state index is 0.0453. The first kappa shape index (κ1) is 19.5. The van der Waals surface area contributed by atoms with E-state index in [1.807, 2.05) is 26.0 Å². The quantitative estimate of drug-likeness (QED) is 0.399. The van der Waals surface area contributed by atoms with Gasteiger partial charge in [-0.1, -0.05) is 6.07 Å². The van der Waals surface area contributed by atoms with E-state index in [9.17, 15) is 19.1 Å². The van der Waals surface area contributed by atoms with Crippen LogP contribution in [-0.2, 0) is 9.59 Å². The molecule has 1 aliphatic rings. The van der Waals surface area contributed by atoms with Crippen LogP contribution in [0.4, 0.5) is 10.1 Å². The monoisotopic (exact) mass is 402 g/mol. The van der Waals surface area contributed by atoms with Crippen LogP contribution in [0.5, 0.6) is 0 Å². The van der Waals surface area contributed by atoms with Crippen LogP contribution in [-0.4, -0.2) is 21.8 Å². The molecule has 1 aromatic heterocycles. The molecular weight excluding hydrogens is 383 g/mol. The zero-order chi connectivity index (χ0) is 21.4. The van der Waals surface area contributed by atoms with E-state index in [4.69, 9.17) is 0 Å². The molecule has 2 aromatic carbocycles. The molecule has 1 saturated heterocycles. The predicted molar refractivity (Wildman–Crippen MR) is 111 cm³/mol. The Hall–Kier alpha value is -3.80. The molecule has 0 spiro atoms. The number of nitrogens with zero attached hydrogens (tertiary/aromatic N) is 2. The standard InChI is InChI=1S/C24H19FN2O3/c1-14-3-8-19(13-15(14)2)27-21(16-9-11-26-12-10-16)20(23(29)24(27)30)22(28)17-4-6-18(25)7-5-17/h3-13,21,28H,1-2H3/b22-20+. The van der Waals surface area contributed by atoms with Crippen LogP contribution >= 0.6 is 0 Å². The van der Waals surface area contributed by atoms with Crippen molar-refractivity contribution in [2.45, 2.75) is 19.9 Å². The number of aliphatic hydroxyl groups excluding tert-OH is 1. The number of Topliss-reactive ketones (excluding diaryl/α,β-unsaturated/α-hetero) is 1. The second-order valence-corrected chi connectivity index (χ2v) is 7.23. The van der Waals surface area contributed by atoms with Gasteiger partial charge in [-0.25, -0.2) is 4.39 Å². The summed E-state index contributed by atoms with van der Waals surface area (Å²) in [5.41, 5.74) is 3.43. The van der Waals surface area contributed by atoms with E-state index < -0.39 is 23.5 Å². The zero-order valence-electron chi connectivity index (χ0n) is 16.5. The maximum Gasteiger partial charge on any atom is 0.300 e. The average Bonchev–Trinajstić information content (AvgIpc) is 3.01. The highest BCUT2D eigenvalue weighted by molar-refractivity contribution is 6.51. The van der Waals surface area contributed by atoms with E-state index in [1.54, 1.807) is 30.6 Å². The molecule has 1 atom stereocenters. The maximum absolute atomic E-state index is 13.3. The molecule has 150 valence electrons. The summed E-state index contributed by atoms with van der Waals surface area (Å²) in [7, 11) is 0. The summed E-state index contributed by atoms with van der Waals surface area (Å²) < 4.78 is 13.3. The Balaban J connectivity index is 1.94. The van der Waals surface area contributed by atoms with E-state index in [0.29, 0.717) is 11.3 Å². The third-order valence-corrected chi connectivity index (χ3v) is 5.35. The molecular formula is C24H19FN2O3. The number of rotatable bonds is 3. The number of carbonyl (C=O) groups excluding carboxylic acids is 2. The highest BCUT2D eigenvalue weighted by Crippen LogP contribution is 2.42. The van der Waals surface area contributed by atoms with Crippen molar-refractivity contribution in [2.24, 2.45) is 0 Å². The van der Waals surface area contributed by atoms with Gasteiger partial charge in [0.05, 0.1) is 11.6 Å². The Morgan fingerprint density at radius 3 is 2.27 bits per heavy atom. The number of aliphatic hydroxyl groups is 1. The first-order valence-electron chi connectivity index (χ1n) is 9.42. The predicted octanol–water partition coefficient (Wildman–Crippen LogP) is 4.46. The summed E-state index contributed by atoms with van der Waals surface area (Å²) in [6.45, 7) is 3.89. The first-order chi connectivity index (χ1) is 14.4. The summed E-state index contributed by atoms with van der Waals surface area (Å²) in [6.07, 6.45) is 3.13. The third-order valence-electron chi connectivity index (χ3n) is 5.35. The summed E-state index contributed by atoms with van der Waals surface area (Å²) in [6, 6.07) is 13.2. The van der Waals surface area contributed by atoms with Crippen LogP contribution in [0.3, 0.4) is 0 Å². The Morgan fingerprint density at radius 2 is 1.63 bits per heavy atom. The Morgan fingerprint density at radius 1 is 0.967 bits per heavy atom. The molecule has 1 unspecified atom stereocenters. The van der Waals surface area contributed by atoms with E-state index in [2.05, 4.69) is 4.98 Å². The molecule has 1 amide bonds. The lowest BCUT2D eigenvalue weighted by atomic mass is 9.95. The number of pyridine rings is 1. The zero-order valence-corrected chi connectivity index (χ0v) is 16.5. The van der Waals surface area contributed by atoms with Gasteiger partial charge < -0.3 is 5.11 Å². The Bertz CT molecular complexity index is 1170. The highest BCUT2D eigenvalue weighted by Gasteiger charge is 2.47. The number of benzene rings is 2. The van der Waals surface area contributed by atoms with Crippen molar-refractivity contribution >= 4 is 23.1 Å². The van der Waals surface area contributed by atoms with Crippen molar-refractivity contribution in [3.05, 3.63) is 101 Å². The van der Waals surface area contributed by atoms with Gasteiger partial charge in [-0.2, -0.15) is 0 Å². The SMILES string of the molecule is Cc1ccc(N2C(=O)C(=O)/C(=C(/O)c3ccc(F)cc3)C2c2ccncc2)cc1C. The van der Waals surface area contributed by atoms with Crippen LogP contribution in [0.15, 0.2) is 72.6 Å². The number of hydrogen-bond donors (Lipinski definition) is 1. The lowest BCUT2D eigenvalue weighted by Gasteiger charge is -2.26. The number of amides is 1. The van der Waals surface area contributed by atoms with Gasteiger partial charge in [0.15, 0.2) is 0 Å². The van der Waals surface area contributed by atoms with E-state index in [-0.39, 0.29) is 16.9 Å². The molecule has 5 nitrogen and oxygen atoms in total. The van der Waals surface area contributed by atoms with Gasteiger partial charge in [0.1, 0.15) is 11.6 Å². The molecule has 30 heavy (non-hydrogen) atoms. The topological polar surface area (TPSA) is 70.5 Å². The Kier molecular flexibility index (Phi) is 4.91. The van der Waals surface area contributed by atoms with Gasteiger partial charge in [0, 0.05) is 23.6 Å². The second kappa shape index (κ2) is 7.55. The number of aromatic nitrogens is 1. The maximum atomic E-state index is 13.3. The highest BCUT2D eigenvalue weighted by atomic mass is 19.1. The smallest absolute Gasteiger partial charge is 0.300 e. The number of halogens is 1. The molecule has 0 aliphatic carbocycles. The molecule has 4 rings (SSSR count). The van der Waals surface area contributed by atoms with Gasteiger partial charge in [0.25, 0.3) is 11.7 Å². The molecule has 1 fully saturated rings. The fraction of sp³-hybridized carbons (Fsp3) is 0.125. The number of hydrogen-bond acceptors (Lipinski definition) is 4. The number of aryl methyl sites for hydroxylation is 2. The normalized spacial score (nSPS) is 18.1. The molecule has 2 heterocycles. The molecule has 0 saturated carbocycles. The summed E-state index contributed by atoms with van der Waals surface area (Å²) in [4.78, 5) is 31.4. The lowest BCUT2D eigenvalue weighted by Crippen LogP contribution is -2.29. The van der Waals surface area contributed by atoms with Gasteiger partial charge in [-0.15, -0.1) is 0 Å². The van der Waals surface area contributed by atoms with E-state index in [1.165, 1.54) is 29.2 Å². The largest absolute Gasteiger partial charge is 0.507 e. The molecule has 0 radical (unpaired) electrons. The molecule has 3 aromatic rings. The first-order valence-corrected chi connectivity index (χ1v) is 9.42. The van der Waals surface area contributed by atoms with Crippen LogP contribution in [0.1, 0.15) is 28.3 Å². The molecule has 1 aliphatic heterocycles. The third kappa shape index (κ3) is 3.26. The van der Waals surface area contributed by atoms with Gasteiger partial charge in [-0.05, 0) is 79.1 Å². The van der Waals surface area contributed by atoms with E-state index >= 15 is 0 Å². The molecule has 1 N–H and O–H groups in total. The summed E-state index contributed by atoms with van der Waals surface area (Å²) in [5.74, 6) is -2.34.